The van der Waals surface area contributed by atoms with Gasteiger partial charge < -0.3 is 9.73 Å². The van der Waals surface area contributed by atoms with Crippen LogP contribution in [0.15, 0.2) is 34.3 Å². The molecule has 2 heteroatoms. The molecule has 1 heterocycles. The van der Waals surface area contributed by atoms with Gasteiger partial charge in [-0.25, -0.2) is 0 Å². The molecular weight excluding hydrogens is 246 g/mol. The summed E-state index contributed by atoms with van der Waals surface area (Å²) in [6.07, 6.45) is 3.32. The quantitative estimate of drug-likeness (QED) is 0.853. The van der Waals surface area contributed by atoms with Crippen molar-refractivity contribution < 1.29 is 4.42 Å². The topological polar surface area (TPSA) is 25.2 Å². The molecule has 2 aromatic rings. The van der Waals surface area contributed by atoms with Gasteiger partial charge in [-0.05, 0) is 40.2 Å². The number of rotatable bonds is 4. The monoisotopic (exact) mass is 271 g/mol. The third kappa shape index (κ3) is 3.51. The Morgan fingerprint density at radius 3 is 2.60 bits per heavy atom. The highest BCUT2D eigenvalue weighted by Crippen LogP contribution is 2.27. The minimum atomic E-state index is 0.141. The van der Waals surface area contributed by atoms with Gasteiger partial charge in [0.25, 0.3) is 0 Å². The first-order valence-electron chi connectivity index (χ1n) is 7.33. The lowest BCUT2D eigenvalue weighted by atomic mass is 10.0. The van der Waals surface area contributed by atoms with Crippen LogP contribution in [-0.2, 0) is 0 Å². The first kappa shape index (κ1) is 14.9. The number of furan rings is 1. The number of benzene rings is 1. The molecule has 0 bridgehead atoms. The first-order chi connectivity index (χ1) is 9.40. The van der Waals surface area contributed by atoms with E-state index in [1.807, 2.05) is 19.1 Å². The van der Waals surface area contributed by atoms with Crippen LogP contribution in [0.1, 0.15) is 45.4 Å². The van der Waals surface area contributed by atoms with E-state index in [2.05, 4.69) is 51.2 Å². The second kappa shape index (κ2) is 5.84. The molecule has 0 fully saturated rings. The van der Waals surface area contributed by atoms with Crippen LogP contribution in [0.25, 0.3) is 17.0 Å². The zero-order valence-corrected chi connectivity index (χ0v) is 13.2. The minimum Gasteiger partial charge on any atom is -0.461 e. The summed E-state index contributed by atoms with van der Waals surface area (Å²) in [5.74, 6) is 0.993. The average Bonchev–Trinajstić information content (AvgIpc) is 2.69. The zero-order chi connectivity index (χ0) is 14.8. The van der Waals surface area contributed by atoms with E-state index in [1.165, 1.54) is 16.5 Å². The highest BCUT2D eigenvalue weighted by molar-refractivity contribution is 5.88. The molecule has 0 saturated carbocycles. The molecule has 0 unspecified atom stereocenters. The van der Waals surface area contributed by atoms with Gasteiger partial charge in [-0.1, -0.05) is 36.8 Å². The molecule has 1 aromatic heterocycles. The van der Waals surface area contributed by atoms with Crippen LogP contribution in [0.5, 0.6) is 0 Å². The summed E-state index contributed by atoms with van der Waals surface area (Å²) in [7, 11) is 0. The Kier molecular flexibility index (Phi) is 4.34. The molecule has 108 valence electrons. The van der Waals surface area contributed by atoms with Crippen molar-refractivity contribution in [2.75, 3.05) is 6.54 Å². The van der Waals surface area contributed by atoms with Crippen molar-refractivity contribution in [2.45, 2.75) is 46.6 Å². The van der Waals surface area contributed by atoms with Gasteiger partial charge in [-0.15, -0.1) is 0 Å². The van der Waals surface area contributed by atoms with Crippen molar-refractivity contribution in [1.29, 1.82) is 0 Å². The van der Waals surface area contributed by atoms with Gasteiger partial charge in [-0.2, -0.15) is 0 Å². The van der Waals surface area contributed by atoms with E-state index in [9.17, 15) is 0 Å². The summed E-state index contributed by atoms with van der Waals surface area (Å²) in [6, 6.07) is 8.23. The Morgan fingerprint density at radius 1 is 1.25 bits per heavy atom. The lowest BCUT2D eigenvalue weighted by Gasteiger charge is -2.21. The number of hydrogen-bond donors (Lipinski definition) is 1. The second-order valence-corrected chi connectivity index (χ2v) is 6.33. The Labute approximate surface area is 121 Å². The Morgan fingerprint density at radius 2 is 1.95 bits per heavy atom. The lowest BCUT2D eigenvalue weighted by molar-refractivity contribution is 0.443. The van der Waals surface area contributed by atoms with E-state index in [-0.39, 0.29) is 5.54 Å². The van der Waals surface area contributed by atoms with Gasteiger partial charge in [0, 0.05) is 23.0 Å². The number of para-hydroxylation sites is 1. The van der Waals surface area contributed by atoms with Gasteiger partial charge in [-0.3, -0.25) is 0 Å². The molecule has 20 heavy (non-hydrogen) atoms. The highest BCUT2D eigenvalue weighted by atomic mass is 16.3. The Bertz CT molecular complexity index is 614. The zero-order valence-electron chi connectivity index (χ0n) is 13.2. The van der Waals surface area contributed by atoms with Crippen LogP contribution >= 0.6 is 0 Å². The minimum absolute atomic E-state index is 0.141. The summed E-state index contributed by atoms with van der Waals surface area (Å²) in [6.45, 7) is 11.7. The highest BCUT2D eigenvalue weighted by Gasteiger charge is 2.11. The van der Waals surface area contributed by atoms with Crippen LogP contribution in [0.3, 0.4) is 0 Å². The molecule has 2 rings (SSSR count). The molecule has 0 aliphatic carbocycles. The maximum absolute atomic E-state index is 5.82. The van der Waals surface area contributed by atoms with Crippen molar-refractivity contribution in [3.8, 4) is 0 Å². The van der Waals surface area contributed by atoms with Crippen molar-refractivity contribution >= 4 is 17.0 Å². The summed E-state index contributed by atoms with van der Waals surface area (Å²) in [4.78, 5) is 0. The van der Waals surface area contributed by atoms with Crippen molar-refractivity contribution in [3.05, 3.63) is 41.2 Å². The van der Waals surface area contributed by atoms with Crippen molar-refractivity contribution in [2.24, 2.45) is 0 Å². The van der Waals surface area contributed by atoms with E-state index in [4.69, 9.17) is 4.42 Å². The van der Waals surface area contributed by atoms with Gasteiger partial charge in [0.1, 0.15) is 11.3 Å². The molecule has 2 nitrogen and oxygen atoms in total. The predicted octanol–water partition coefficient (Wildman–Crippen LogP) is 4.92. The van der Waals surface area contributed by atoms with Crippen molar-refractivity contribution in [1.82, 2.24) is 5.32 Å². The summed E-state index contributed by atoms with van der Waals surface area (Å²) in [5, 5.41) is 4.75. The number of hydrogen-bond acceptors (Lipinski definition) is 2. The lowest BCUT2D eigenvalue weighted by Crippen LogP contribution is -2.36. The molecule has 1 N–H and O–H groups in total. The van der Waals surface area contributed by atoms with Crippen molar-refractivity contribution in [3.63, 3.8) is 0 Å². The number of fused-ring (bicyclic) bond motifs is 1. The van der Waals surface area contributed by atoms with E-state index >= 15 is 0 Å². The van der Waals surface area contributed by atoms with E-state index < -0.39 is 0 Å². The predicted molar refractivity (Wildman–Crippen MR) is 87.0 cm³/mol. The van der Waals surface area contributed by atoms with Gasteiger partial charge >= 0.3 is 0 Å². The van der Waals surface area contributed by atoms with Crippen LogP contribution in [-0.4, -0.2) is 12.1 Å². The number of aryl methyl sites for hydroxylation is 1. The van der Waals surface area contributed by atoms with Crippen LogP contribution in [0.2, 0.25) is 0 Å². The van der Waals surface area contributed by atoms with E-state index in [1.54, 1.807) is 0 Å². The SMILES string of the molecule is CC/C(=C/c1c(C)oc2ccccc12)CNC(C)(C)C. The van der Waals surface area contributed by atoms with Crippen LogP contribution in [0, 0.1) is 6.92 Å². The molecule has 1 aromatic carbocycles. The van der Waals surface area contributed by atoms with E-state index in [0.29, 0.717) is 0 Å². The summed E-state index contributed by atoms with van der Waals surface area (Å²) < 4.78 is 5.82. The molecule has 0 spiro atoms. The Hall–Kier alpha value is -1.54. The fraction of sp³-hybridized carbons (Fsp3) is 0.444. The van der Waals surface area contributed by atoms with Gasteiger partial charge in [0.2, 0.25) is 0 Å². The maximum Gasteiger partial charge on any atom is 0.134 e. The average molecular weight is 271 g/mol. The summed E-state index contributed by atoms with van der Waals surface area (Å²) >= 11 is 0. The summed E-state index contributed by atoms with van der Waals surface area (Å²) in [5.41, 5.74) is 3.72. The van der Waals surface area contributed by atoms with E-state index in [0.717, 1.165) is 24.3 Å². The first-order valence-corrected chi connectivity index (χ1v) is 7.33. The van der Waals surface area contributed by atoms with Gasteiger partial charge in [0.15, 0.2) is 0 Å². The molecule has 0 atom stereocenters. The molecule has 0 radical (unpaired) electrons. The third-order valence-corrected chi connectivity index (χ3v) is 3.47. The molecule has 0 aliphatic rings. The maximum atomic E-state index is 5.82. The fourth-order valence-corrected chi connectivity index (χ4v) is 2.23. The largest absolute Gasteiger partial charge is 0.461 e. The third-order valence-electron chi connectivity index (χ3n) is 3.47. The fourth-order valence-electron chi connectivity index (χ4n) is 2.23. The number of nitrogens with one attached hydrogen (secondary N) is 1. The molecule has 0 saturated heterocycles. The molecule has 0 amide bonds. The standard InChI is InChI=1S/C18H25NO/c1-6-14(12-19-18(3,4)5)11-16-13(2)20-17-10-8-7-9-15(16)17/h7-11,19H,6,12H2,1-5H3/b14-11-. The van der Waals surface area contributed by atoms with Crippen LogP contribution < -0.4 is 5.32 Å². The molecule has 0 aliphatic heterocycles. The normalized spacial score (nSPS) is 13.2. The second-order valence-electron chi connectivity index (χ2n) is 6.33. The van der Waals surface area contributed by atoms with Gasteiger partial charge in [0.05, 0.1) is 0 Å². The smallest absolute Gasteiger partial charge is 0.134 e. The van der Waals surface area contributed by atoms with Crippen LogP contribution in [0.4, 0.5) is 0 Å². The molecular formula is C18H25NO. The Balaban J connectivity index is 2.32.